The minimum atomic E-state index is -1.26. The third kappa shape index (κ3) is 10.3. The maximum atomic E-state index is 11.6. The zero-order valence-electron chi connectivity index (χ0n) is 25.4. The number of benzene rings is 1. The fraction of sp³-hybridized carbons (Fsp3) is 0.788. The zero-order valence-corrected chi connectivity index (χ0v) is 25.4. The predicted molar refractivity (Wildman–Crippen MR) is 164 cm³/mol. The lowest BCUT2D eigenvalue weighted by Gasteiger charge is -2.44. The molecule has 4 rings (SSSR count). The Bertz CT molecular complexity index is 978. The Balaban J connectivity index is 1.48. The van der Waals surface area contributed by atoms with Crippen LogP contribution in [0.5, 0.6) is 0 Å². The Morgan fingerprint density at radius 1 is 1.02 bits per heavy atom. The van der Waals surface area contributed by atoms with E-state index in [-0.39, 0.29) is 42.9 Å². The van der Waals surface area contributed by atoms with E-state index in [0.717, 1.165) is 70.6 Å². The average molecular weight is 573 g/mol. The number of carboxylic acids is 1. The molecule has 232 valence electrons. The summed E-state index contributed by atoms with van der Waals surface area (Å²) in [6, 6.07) is 9.90. The molecule has 1 aromatic rings. The van der Waals surface area contributed by atoms with E-state index in [1.54, 1.807) is 0 Å². The van der Waals surface area contributed by atoms with Crippen LogP contribution in [-0.2, 0) is 17.6 Å². The summed E-state index contributed by atoms with van der Waals surface area (Å²) < 4.78 is 0. The molecule has 0 aromatic heterocycles. The van der Waals surface area contributed by atoms with Crippen LogP contribution in [0.2, 0.25) is 0 Å². The maximum absolute atomic E-state index is 11.6. The highest BCUT2D eigenvalue weighted by Crippen LogP contribution is 2.30. The van der Waals surface area contributed by atoms with Crippen LogP contribution < -0.4 is 21.7 Å². The molecule has 0 saturated carbocycles. The van der Waals surface area contributed by atoms with Crippen LogP contribution >= 0.6 is 0 Å². The van der Waals surface area contributed by atoms with Gasteiger partial charge in [-0.1, -0.05) is 56.4 Å². The van der Waals surface area contributed by atoms with E-state index in [1.807, 2.05) is 0 Å². The minimum Gasteiger partial charge on any atom is -0.481 e. The number of aliphatic carboxylic acids is 1. The van der Waals surface area contributed by atoms with Crippen molar-refractivity contribution in [2.45, 2.75) is 152 Å². The topological polar surface area (TPSA) is 140 Å². The van der Waals surface area contributed by atoms with Crippen molar-refractivity contribution in [2.24, 2.45) is 11.7 Å². The Kier molecular flexibility index (Phi) is 11.6. The van der Waals surface area contributed by atoms with Gasteiger partial charge in [-0.05, 0) is 88.7 Å². The molecule has 8 N–H and O–H groups in total. The highest BCUT2D eigenvalue weighted by atomic mass is 16.4. The van der Waals surface area contributed by atoms with E-state index in [1.165, 1.54) is 24.0 Å². The molecular formula is C33H56N4O4. The fourth-order valence-corrected chi connectivity index (χ4v) is 7.65. The number of carbonyl (C=O) groups is 1. The maximum Gasteiger partial charge on any atom is 0.306 e. The number of β-amino-alcohol motifs (C(OH)–C–C–N with tert-alkyl or cyclic N) is 1. The summed E-state index contributed by atoms with van der Waals surface area (Å²) in [7, 11) is 0. The van der Waals surface area contributed by atoms with Gasteiger partial charge in [-0.25, -0.2) is 0 Å². The first-order valence-corrected chi connectivity index (χ1v) is 16.2. The lowest BCUT2D eigenvalue weighted by atomic mass is 9.81. The summed E-state index contributed by atoms with van der Waals surface area (Å²) in [5, 5.41) is 41.8. The first-order valence-electron chi connectivity index (χ1n) is 16.2. The second kappa shape index (κ2) is 14.8. The van der Waals surface area contributed by atoms with Crippen molar-refractivity contribution in [3.05, 3.63) is 35.4 Å². The smallest absolute Gasteiger partial charge is 0.306 e. The average Bonchev–Trinajstić information content (AvgIpc) is 2.89. The van der Waals surface area contributed by atoms with Gasteiger partial charge in [0.25, 0.3) is 0 Å². The largest absolute Gasteiger partial charge is 0.481 e. The van der Waals surface area contributed by atoms with Gasteiger partial charge in [0, 0.05) is 30.2 Å². The van der Waals surface area contributed by atoms with Gasteiger partial charge in [0.05, 0.1) is 24.3 Å². The number of carboxylic acid groups (broad SMARTS) is 1. The van der Waals surface area contributed by atoms with Crippen LogP contribution in [0, 0.1) is 5.92 Å². The molecule has 4 bridgehead atoms. The van der Waals surface area contributed by atoms with Crippen molar-refractivity contribution < 1.29 is 20.1 Å². The van der Waals surface area contributed by atoms with Gasteiger partial charge < -0.3 is 31.7 Å². The molecule has 0 spiro atoms. The van der Waals surface area contributed by atoms with Crippen LogP contribution in [0.25, 0.3) is 0 Å². The van der Waals surface area contributed by atoms with Crippen molar-refractivity contribution in [2.75, 3.05) is 6.54 Å². The molecule has 3 aliphatic rings. The number of nitrogens with one attached hydrogen (secondary N) is 3. The second-order valence-corrected chi connectivity index (χ2v) is 14.0. The van der Waals surface area contributed by atoms with Crippen molar-refractivity contribution in [1.82, 2.24) is 16.0 Å². The molecule has 3 heterocycles. The summed E-state index contributed by atoms with van der Waals surface area (Å²) in [5.41, 5.74) is 7.64. The number of nitrogens with two attached hydrogens (primary N) is 1. The minimum absolute atomic E-state index is 0.158. The van der Waals surface area contributed by atoms with E-state index in [0.29, 0.717) is 18.4 Å². The monoisotopic (exact) mass is 572 g/mol. The number of piperidine rings is 2. The van der Waals surface area contributed by atoms with Gasteiger partial charge in [0.15, 0.2) is 0 Å². The summed E-state index contributed by atoms with van der Waals surface area (Å²) in [5.74, 6) is -0.355. The molecule has 2 fully saturated rings. The second-order valence-electron chi connectivity index (χ2n) is 14.0. The lowest BCUT2D eigenvalue weighted by Crippen LogP contribution is -2.63. The highest BCUT2D eigenvalue weighted by molar-refractivity contribution is 5.68. The molecule has 1 aromatic carbocycles. The molecular weight excluding hydrogens is 516 g/mol. The van der Waals surface area contributed by atoms with Gasteiger partial charge in [-0.2, -0.15) is 0 Å². The number of hydrogen-bond donors (Lipinski definition) is 7. The SMILES string of the molecule is CC1NC(CCC2CCCCCCC(O)(CC(=O)O)CNC3(C)CC(N)NC(Cc4cccc(c4)C2)C3)CCC1O. The van der Waals surface area contributed by atoms with Gasteiger partial charge >= 0.3 is 5.97 Å². The molecule has 8 unspecified atom stereocenters. The summed E-state index contributed by atoms with van der Waals surface area (Å²) in [6.45, 7) is 4.50. The Labute approximate surface area is 247 Å². The quantitative estimate of drug-likeness (QED) is 0.284. The summed E-state index contributed by atoms with van der Waals surface area (Å²) in [4.78, 5) is 11.6. The molecule has 3 aliphatic heterocycles. The van der Waals surface area contributed by atoms with Crippen LogP contribution in [0.15, 0.2) is 24.3 Å². The van der Waals surface area contributed by atoms with Crippen molar-refractivity contribution >= 4 is 5.97 Å². The highest BCUT2D eigenvalue weighted by Gasteiger charge is 2.38. The molecule has 2 saturated heterocycles. The molecule has 41 heavy (non-hydrogen) atoms. The third-order valence-electron chi connectivity index (χ3n) is 9.95. The number of hydrogen-bond acceptors (Lipinski definition) is 7. The van der Waals surface area contributed by atoms with E-state index >= 15 is 0 Å². The number of aliphatic hydroxyl groups excluding tert-OH is 1. The molecule has 0 aliphatic carbocycles. The van der Waals surface area contributed by atoms with Crippen LogP contribution in [0.1, 0.15) is 108 Å². The van der Waals surface area contributed by atoms with Gasteiger partial charge in [0.2, 0.25) is 0 Å². The van der Waals surface area contributed by atoms with E-state index in [2.05, 4.69) is 54.1 Å². The third-order valence-corrected chi connectivity index (χ3v) is 9.95. The van der Waals surface area contributed by atoms with E-state index < -0.39 is 11.6 Å². The van der Waals surface area contributed by atoms with Gasteiger partial charge in [-0.3, -0.25) is 10.1 Å². The van der Waals surface area contributed by atoms with Gasteiger partial charge in [0.1, 0.15) is 0 Å². The zero-order chi connectivity index (χ0) is 29.5. The molecule has 8 atom stereocenters. The van der Waals surface area contributed by atoms with Crippen molar-refractivity contribution in [1.29, 1.82) is 0 Å². The van der Waals surface area contributed by atoms with Crippen molar-refractivity contribution in [3.8, 4) is 0 Å². The fourth-order valence-electron chi connectivity index (χ4n) is 7.65. The van der Waals surface area contributed by atoms with Crippen molar-refractivity contribution in [3.63, 3.8) is 0 Å². The molecule has 0 radical (unpaired) electrons. The first-order chi connectivity index (χ1) is 19.5. The molecule has 8 heteroatoms. The van der Waals surface area contributed by atoms with Crippen LogP contribution in [0.4, 0.5) is 0 Å². The number of rotatable bonds is 5. The van der Waals surface area contributed by atoms with Crippen LogP contribution in [-0.4, -0.2) is 69.4 Å². The Hall–Kier alpha value is -1.55. The Morgan fingerprint density at radius 3 is 2.54 bits per heavy atom. The summed E-state index contributed by atoms with van der Waals surface area (Å²) in [6.07, 6.45) is 12.9. The first kappa shape index (κ1) is 32.4. The van der Waals surface area contributed by atoms with E-state index in [4.69, 9.17) is 5.73 Å². The molecule has 8 nitrogen and oxygen atoms in total. The van der Waals surface area contributed by atoms with Crippen LogP contribution in [0.3, 0.4) is 0 Å². The van der Waals surface area contributed by atoms with E-state index in [9.17, 15) is 20.1 Å². The Morgan fingerprint density at radius 2 is 1.78 bits per heavy atom. The lowest BCUT2D eigenvalue weighted by molar-refractivity contribution is -0.143. The predicted octanol–water partition coefficient (Wildman–Crippen LogP) is 3.61. The molecule has 0 amide bonds. The van der Waals surface area contributed by atoms with Gasteiger partial charge in [-0.15, -0.1) is 0 Å². The standard InChI is InChI=1S/C33H56N4O4/c1-23-29(38)14-13-27(36-23)12-11-24-8-5-3-4-6-15-33(41,21-31(39)40)22-35-32(2)19-28(37-30(34)20-32)18-26-10-7-9-25(16-24)17-26/h7,9-10,17,23-24,27-30,35-38,41H,3-6,8,11-16,18-22,34H2,1-2H3,(H,39,40). The number of aliphatic hydroxyl groups is 2. The summed E-state index contributed by atoms with van der Waals surface area (Å²) >= 11 is 0. The number of fused-ring (bicyclic) bond motifs is 4. The normalized spacial score (nSPS) is 38.0.